The molecule has 1 aliphatic heterocycles. The Labute approximate surface area is 165 Å². The number of rotatable bonds is 5. The molecule has 144 valence electrons. The molecule has 8 nitrogen and oxygen atoms in total. The van der Waals surface area contributed by atoms with E-state index in [9.17, 15) is 19.2 Å². The Morgan fingerprint density at radius 3 is 2.46 bits per heavy atom. The van der Waals surface area contributed by atoms with Crippen LogP contribution < -0.4 is 5.32 Å². The molecule has 3 amide bonds. The number of ether oxygens (including phenoxy) is 1. The van der Waals surface area contributed by atoms with Crippen molar-refractivity contribution in [3.05, 3.63) is 40.9 Å². The first-order valence-corrected chi connectivity index (χ1v) is 8.94. The number of amides is 3. The molecular formula is C19H16ClN3O5. The summed E-state index contributed by atoms with van der Waals surface area (Å²) in [7, 11) is 0. The van der Waals surface area contributed by atoms with Gasteiger partial charge in [0.1, 0.15) is 12.6 Å². The second-order valence-electron chi connectivity index (χ2n) is 6.43. The number of nitrogens with one attached hydrogen (secondary N) is 1. The molecule has 1 N–H and O–H groups in total. The number of halogens is 1. The molecule has 0 unspecified atom stereocenters. The van der Waals surface area contributed by atoms with E-state index in [-0.39, 0.29) is 11.3 Å². The standard InChI is InChI=1S/C19H16ClN3O5/c20-12-6-5-11(8-21)15(7-12)22-16(24)10-28-17(25)9-23-18(26)13-3-1-2-4-14(13)19(23)27/h1-2,5-7,13-14H,3-4,9-10H2,(H,22,24)/t13-,14+. The van der Waals surface area contributed by atoms with E-state index in [1.165, 1.54) is 18.2 Å². The molecule has 2 aliphatic rings. The highest BCUT2D eigenvalue weighted by Crippen LogP contribution is 2.34. The highest BCUT2D eigenvalue weighted by molar-refractivity contribution is 6.31. The molecule has 9 heteroatoms. The minimum atomic E-state index is -0.866. The zero-order chi connectivity index (χ0) is 20.3. The van der Waals surface area contributed by atoms with Gasteiger partial charge in [-0.3, -0.25) is 24.1 Å². The maximum Gasteiger partial charge on any atom is 0.326 e. The third kappa shape index (κ3) is 4.05. The molecular weight excluding hydrogens is 386 g/mol. The predicted octanol–water partition coefficient (Wildman–Crippen LogP) is 1.64. The van der Waals surface area contributed by atoms with Crippen molar-refractivity contribution in [3.63, 3.8) is 0 Å². The molecule has 3 rings (SSSR count). The summed E-state index contributed by atoms with van der Waals surface area (Å²) >= 11 is 5.84. The van der Waals surface area contributed by atoms with Gasteiger partial charge in [-0.25, -0.2) is 0 Å². The molecule has 1 saturated heterocycles. The fourth-order valence-corrected chi connectivity index (χ4v) is 3.42. The van der Waals surface area contributed by atoms with Gasteiger partial charge in [0.05, 0.1) is 23.1 Å². The third-order valence-corrected chi connectivity index (χ3v) is 4.86. The van der Waals surface area contributed by atoms with E-state index in [0.717, 1.165) is 4.90 Å². The highest BCUT2D eigenvalue weighted by atomic mass is 35.5. The molecule has 0 bridgehead atoms. The molecule has 1 aromatic carbocycles. The van der Waals surface area contributed by atoms with Gasteiger partial charge in [-0.15, -0.1) is 0 Å². The molecule has 2 atom stereocenters. The average Bonchev–Trinajstić information content (AvgIpc) is 2.92. The Morgan fingerprint density at radius 1 is 1.21 bits per heavy atom. The maximum atomic E-state index is 12.3. The number of likely N-dealkylation sites (tertiary alicyclic amines) is 1. The summed E-state index contributed by atoms with van der Waals surface area (Å²) in [6.07, 6.45) is 4.65. The van der Waals surface area contributed by atoms with Crippen LogP contribution in [0.5, 0.6) is 0 Å². The van der Waals surface area contributed by atoms with Gasteiger partial charge in [-0.2, -0.15) is 5.26 Å². The summed E-state index contributed by atoms with van der Waals surface area (Å²) in [5.41, 5.74) is 0.395. The fraction of sp³-hybridized carbons (Fsp3) is 0.316. The number of carbonyl (C=O) groups excluding carboxylic acids is 4. The first-order valence-electron chi connectivity index (χ1n) is 8.56. The first kappa shape index (κ1) is 19.6. The Morgan fingerprint density at radius 2 is 1.86 bits per heavy atom. The van der Waals surface area contributed by atoms with E-state index in [0.29, 0.717) is 17.9 Å². The zero-order valence-corrected chi connectivity index (χ0v) is 15.4. The van der Waals surface area contributed by atoms with Crippen LogP contribution in [-0.4, -0.2) is 41.7 Å². The molecule has 0 radical (unpaired) electrons. The van der Waals surface area contributed by atoms with E-state index in [2.05, 4.69) is 5.32 Å². The number of esters is 1. The summed E-state index contributed by atoms with van der Waals surface area (Å²) < 4.78 is 4.86. The molecule has 0 spiro atoms. The van der Waals surface area contributed by atoms with Crippen LogP contribution in [0.4, 0.5) is 5.69 Å². The normalized spacial score (nSPS) is 20.5. The van der Waals surface area contributed by atoms with Gasteiger partial charge < -0.3 is 10.1 Å². The van der Waals surface area contributed by atoms with E-state index in [4.69, 9.17) is 21.6 Å². The van der Waals surface area contributed by atoms with E-state index < -0.39 is 48.7 Å². The van der Waals surface area contributed by atoms with Gasteiger partial charge in [0, 0.05) is 5.02 Å². The lowest BCUT2D eigenvalue weighted by molar-refractivity contribution is -0.154. The van der Waals surface area contributed by atoms with Gasteiger partial charge in [-0.1, -0.05) is 23.8 Å². The average molecular weight is 402 g/mol. The van der Waals surface area contributed by atoms with Gasteiger partial charge in [0.25, 0.3) is 5.91 Å². The molecule has 28 heavy (non-hydrogen) atoms. The largest absolute Gasteiger partial charge is 0.454 e. The SMILES string of the molecule is N#Cc1ccc(Cl)cc1NC(=O)COC(=O)CN1C(=O)[C@H]2CC=CC[C@H]2C1=O. The Balaban J connectivity index is 1.53. The van der Waals surface area contributed by atoms with Crippen molar-refractivity contribution in [3.8, 4) is 6.07 Å². The van der Waals surface area contributed by atoms with Crippen molar-refractivity contribution in [2.24, 2.45) is 11.8 Å². The predicted molar refractivity (Wildman–Crippen MR) is 97.8 cm³/mol. The van der Waals surface area contributed by atoms with Crippen LogP contribution >= 0.6 is 11.6 Å². The number of benzene rings is 1. The highest BCUT2D eigenvalue weighted by Gasteiger charge is 2.47. The maximum absolute atomic E-state index is 12.3. The number of nitriles is 1. The monoisotopic (exact) mass is 401 g/mol. The summed E-state index contributed by atoms with van der Waals surface area (Å²) in [6, 6.07) is 6.26. The number of imide groups is 1. The molecule has 1 aromatic rings. The van der Waals surface area contributed by atoms with E-state index in [1.54, 1.807) is 0 Å². The number of carbonyl (C=O) groups is 4. The summed E-state index contributed by atoms with van der Waals surface area (Å²) in [6.45, 7) is -1.15. The van der Waals surface area contributed by atoms with Crippen LogP contribution in [-0.2, 0) is 23.9 Å². The fourth-order valence-electron chi connectivity index (χ4n) is 3.25. The second-order valence-corrected chi connectivity index (χ2v) is 6.87. The number of nitrogens with zero attached hydrogens (tertiary/aromatic N) is 2. The molecule has 1 heterocycles. The number of hydrogen-bond donors (Lipinski definition) is 1. The smallest absolute Gasteiger partial charge is 0.326 e. The summed E-state index contributed by atoms with van der Waals surface area (Å²) in [5, 5.41) is 11.8. The lowest BCUT2D eigenvalue weighted by Gasteiger charge is -2.14. The van der Waals surface area contributed by atoms with Crippen molar-refractivity contribution in [1.29, 1.82) is 5.26 Å². The second kappa shape index (κ2) is 8.23. The molecule has 1 aliphatic carbocycles. The molecule has 1 fully saturated rings. The summed E-state index contributed by atoms with van der Waals surface area (Å²) in [4.78, 5) is 49.5. The summed E-state index contributed by atoms with van der Waals surface area (Å²) in [5.74, 6) is -3.18. The number of hydrogen-bond acceptors (Lipinski definition) is 6. The Kier molecular flexibility index (Phi) is 5.76. The minimum Gasteiger partial charge on any atom is -0.454 e. The van der Waals surface area contributed by atoms with Gasteiger partial charge in [0.2, 0.25) is 11.8 Å². The topological polar surface area (TPSA) is 117 Å². The molecule has 0 aromatic heterocycles. The van der Waals surface area contributed by atoms with E-state index >= 15 is 0 Å². The van der Waals surface area contributed by atoms with Gasteiger partial charge >= 0.3 is 5.97 Å². The van der Waals surface area contributed by atoms with Crippen molar-refractivity contribution in [1.82, 2.24) is 4.90 Å². The van der Waals surface area contributed by atoms with Crippen molar-refractivity contribution >= 4 is 41.0 Å². The van der Waals surface area contributed by atoms with Crippen LogP contribution in [0.15, 0.2) is 30.4 Å². The molecule has 0 saturated carbocycles. The van der Waals surface area contributed by atoms with Crippen molar-refractivity contribution in [2.75, 3.05) is 18.5 Å². The third-order valence-electron chi connectivity index (χ3n) is 4.63. The lowest BCUT2D eigenvalue weighted by atomic mass is 9.85. The quantitative estimate of drug-likeness (QED) is 0.455. The van der Waals surface area contributed by atoms with Crippen LogP contribution in [0.25, 0.3) is 0 Å². The number of fused-ring (bicyclic) bond motifs is 1. The van der Waals surface area contributed by atoms with Gasteiger partial charge in [0.15, 0.2) is 6.61 Å². The number of anilines is 1. The van der Waals surface area contributed by atoms with Crippen LogP contribution in [0.1, 0.15) is 18.4 Å². The van der Waals surface area contributed by atoms with Crippen LogP contribution in [0.3, 0.4) is 0 Å². The van der Waals surface area contributed by atoms with Crippen molar-refractivity contribution in [2.45, 2.75) is 12.8 Å². The van der Waals surface area contributed by atoms with Crippen molar-refractivity contribution < 1.29 is 23.9 Å². The van der Waals surface area contributed by atoms with E-state index in [1.807, 2.05) is 18.2 Å². The minimum absolute atomic E-state index is 0.192. The lowest BCUT2D eigenvalue weighted by Crippen LogP contribution is -2.37. The first-order chi connectivity index (χ1) is 13.4. The number of allylic oxidation sites excluding steroid dienone is 2. The van der Waals surface area contributed by atoms with Crippen LogP contribution in [0.2, 0.25) is 5.02 Å². The zero-order valence-electron chi connectivity index (χ0n) is 14.7. The van der Waals surface area contributed by atoms with Crippen LogP contribution in [0, 0.1) is 23.2 Å². The van der Waals surface area contributed by atoms with Gasteiger partial charge in [-0.05, 0) is 31.0 Å². The Hall–Kier alpha value is -3.18. The Bertz CT molecular complexity index is 895.